The Hall–Kier alpha value is -2.20. The number of fused-ring (bicyclic) bond motifs is 1. The fraction of sp³-hybridized carbons (Fsp3) is 0.125. The quantitative estimate of drug-likeness (QED) is 0.796. The zero-order chi connectivity index (χ0) is 15.1. The van der Waals surface area contributed by atoms with E-state index in [-0.39, 0.29) is 22.8 Å². The summed E-state index contributed by atoms with van der Waals surface area (Å²) in [4.78, 5) is 25.4. The molecule has 2 aromatic rings. The Balaban J connectivity index is 2.06. The first-order valence-corrected chi connectivity index (χ1v) is 6.76. The van der Waals surface area contributed by atoms with Crippen molar-refractivity contribution in [3.63, 3.8) is 0 Å². The average molecular weight is 304 g/mol. The van der Waals surface area contributed by atoms with Crippen molar-refractivity contribution in [2.75, 3.05) is 4.90 Å². The minimum absolute atomic E-state index is 0.153. The Kier molecular flexibility index (Phi) is 3.26. The van der Waals surface area contributed by atoms with Crippen LogP contribution in [0.4, 0.5) is 10.1 Å². The van der Waals surface area contributed by atoms with Gasteiger partial charge in [0.25, 0.3) is 11.7 Å². The molecule has 0 spiro atoms. The van der Waals surface area contributed by atoms with Crippen LogP contribution in [0, 0.1) is 12.7 Å². The van der Waals surface area contributed by atoms with Gasteiger partial charge >= 0.3 is 0 Å². The maximum Gasteiger partial charge on any atom is 0.299 e. The molecule has 1 aliphatic heterocycles. The van der Waals surface area contributed by atoms with E-state index in [0.29, 0.717) is 0 Å². The van der Waals surface area contributed by atoms with Crippen LogP contribution in [-0.4, -0.2) is 11.7 Å². The summed E-state index contributed by atoms with van der Waals surface area (Å²) < 4.78 is 13.6. The highest BCUT2D eigenvalue weighted by molar-refractivity contribution is 6.52. The van der Waals surface area contributed by atoms with Crippen molar-refractivity contribution in [2.24, 2.45) is 0 Å². The van der Waals surface area contributed by atoms with Crippen molar-refractivity contribution in [3.8, 4) is 0 Å². The number of carbonyl (C=O) groups excluding carboxylic acids is 2. The molecule has 2 aromatic carbocycles. The molecule has 1 amide bonds. The van der Waals surface area contributed by atoms with Gasteiger partial charge in [0, 0.05) is 0 Å². The molecule has 0 atom stereocenters. The van der Waals surface area contributed by atoms with Gasteiger partial charge in [-0.25, -0.2) is 4.39 Å². The Labute approximate surface area is 125 Å². The second-order valence-corrected chi connectivity index (χ2v) is 5.34. The van der Waals surface area contributed by atoms with E-state index in [1.165, 1.54) is 11.0 Å². The molecule has 0 bridgehead atoms. The Bertz CT molecular complexity index is 773. The third kappa shape index (κ3) is 2.21. The molecule has 106 valence electrons. The third-order valence-electron chi connectivity index (χ3n) is 3.60. The van der Waals surface area contributed by atoms with Gasteiger partial charge < -0.3 is 4.90 Å². The Morgan fingerprint density at radius 1 is 1.19 bits per heavy atom. The van der Waals surface area contributed by atoms with Crippen molar-refractivity contribution in [1.82, 2.24) is 0 Å². The first kappa shape index (κ1) is 13.8. The fourth-order valence-electron chi connectivity index (χ4n) is 2.40. The number of halogens is 2. The zero-order valence-corrected chi connectivity index (χ0v) is 11.9. The standard InChI is InChI=1S/C16H11ClFNO2/c1-9-4-2-3-5-10(9)8-19-14-7-13(18)12(17)6-11(14)15(20)16(19)21/h2-7H,8H2,1H3. The van der Waals surface area contributed by atoms with Crippen LogP contribution in [0.15, 0.2) is 36.4 Å². The third-order valence-corrected chi connectivity index (χ3v) is 3.89. The van der Waals surface area contributed by atoms with E-state index in [9.17, 15) is 14.0 Å². The van der Waals surface area contributed by atoms with Crippen LogP contribution in [0.25, 0.3) is 0 Å². The number of aryl methyl sites for hydroxylation is 1. The van der Waals surface area contributed by atoms with Gasteiger partial charge in [-0.05, 0) is 30.2 Å². The Morgan fingerprint density at radius 3 is 2.62 bits per heavy atom. The van der Waals surface area contributed by atoms with E-state index in [0.717, 1.165) is 17.2 Å². The van der Waals surface area contributed by atoms with Gasteiger partial charge in [0.05, 0.1) is 22.8 Å². The van der Waals surface area contributed by atoms with Crippen LogP contribution >= 0.6 is 11.6 Å². The summed E-state index contributed by atoms with van der Waals surface area (Å²) in [5.41, 5.74) is 2.33. The molecule has 1 aliphatic rings. The lowest BCUT2D eigenvalue weighted by atomic mass is 10.1. The first-order valence-electron chi connectivity index (χ1n) is 6.39. The van der Waals surface area contributed by atoms with Crippen LogP contribution in [-0.2, 0) is 11.3 Å². The number of ketones is 1. The smallest absolute Gasteiger partial charge is 0.299 e. The maximum absolute atomic E-state index is 13.6. The molecule has 0 aliphatic carbocycles. The monoisotopic (exact) mass is 303 g/mol. The van der Waals surface area contributed by atoms with Crippen LogP contribution in [0.3, 0.4) is 0 Å². The molecule has 21 heavy (non-hydrogen) atoms. The fourth-order valence-corrected chi connectivity index (χ4v) is 2.57. The molecule has 0 aromatic heterocycles. The van der Waals surface area contributed by atoms with Crippen molar-refractivity contribution in [1.29, 1.82) is 0 Å². The molecular weight excluding hydrogens is 293 g/mol. The van der Waals surface area contributed by atoms with Crippen LogP contribution in [0.5, 0.6) is 0 Å². The number of amides is 1. The number of nitrogens with zero attached hydrogens (tertiary/aromatic N) is 1. The second kappa shape index (κ2) is 4.97. The van der Waals surface area contributed by atoms with E-state index in [4.69, 9.17) is 11.6 Å². The highest BCUT2D eigenvalue weighted by Crippen LogP contribution is 2.34. The molecule has 0 unspecified atom stereocenters. The van der Waals surface area contributed by atoms with E-state index in [2.05, 4.69) is 0 Å². The van der Waals surface area contributed by atoms with E-state index in [1.807, 2.05) is 31.2 Å². The zero-order valence-electron chi connectivity index (χ0n) is 11.2. The number of carbonyl (C=O) groups is 2. The summed E-state index contributed by atoms with van der Waals surface area (Å²) in [6, 6.07) is 9.89. The number of benzene rings is 2. The van der Waals surface area contributed by atoms with Gasteiger partial charge in [-0.1, -0.05) is 35.9 Å². The van der Waals surface area contributed by atoms with Crippen molar-refractivity contribution >= 4 is 29.0 Å². The van der Waals surface area contributed by atoms with E-state index >= 15 is 0 Å². The van der Waals surface area contributed by atoms with Gasteiger partial charge in [0.2, 0.25) is 0 Å². The summed E-state index contributed by atoms with van der Waals surface area (Å²) >= 11 is 5.68. The maximum atomic E-state index is 13.6. The van der Waals surface area contributed by atoms with E-state index in [1.54, 1.807) is 0 Å². The van der Waals surface area contributed by atoms with Gasteiger partial charge in [-0.3, -0.25) is 9.59 Å². The number of Topliss-reactive ketones (excluding diaryl/α,β-unsaturated/α-hetero) is 1. The molecule has 1 heterocycles. The summed E-state index contributed by atoms with van der Waals surface area (Å²) in [7, 11) is 0. The van der Waals surface area contributed by atoms with Crippen LogP contribution in [0.2, 0.25) is 5.02 Å². The van der Waals surface area contributed by atoms with E-state index < -0.39 is 17.5 Å². The van der Waals surface area contributed by atoms with Gasteiger partial charge in [-0.2, -0.15) is 0 Å². The van der Waals surface area contributed by atoms with Crippen LogP contribution < -0.4 is 4.90 Å². The summed E-state index contributed by atoms with van der Waals surface area (Å²) in [6.07, 6.45) is 0. The minimum atomic E-state index is -0.657. The normalized spacial score (nSPS) is 13.8. The number of hydrogen-bond acceptors (Lipinski definition) is 2. The summed E-state index contributed by atoms with van der Waals surface area (Å²) in [6.45, 7) is 2.15. The SMILES string of the molecule is Cc1ccccc1CN1C(=O)C(=O)c2cc(Cl)c(F)cc21. The summed E-state index contributed by atoms with van der Waals surface area (Å²) in [5.74, 6) is -1.96. The average Bonchev–Trinajstić information content (AvgIpc) is 2.67. The highest BCUT2D eigenvalue weighted by atomic mass is 35.5. The second-order valence-electron chi connectivity index (χ2n) is 4.93. The summed E-state index contributed by atoms with van der Waals surface area (Å²) in [5, 5.41) is -0.160. The Morgan fingerprint density at radius 2 is 1.90 bits per heavy atom. The predicted octanol–water partition coefficient (Wildman–Crippen LogP) is 3.52. The lowest BCUT2D eigenvalue weighted by Crippen LogP contribution is -2.29. The molecule has 0 saturated heterocycles. The molecule has 3 nitrogen and oxygen atoms in total. The molecule has 0 saturated carbocycles. The minimum Gasteiger partial charge on any atom is -0.300 e. The van der Waals surface area contributed by atoms with Crippen LogP contribution in [0.1, 0.15) is 21.5 Å². The largest absolute Gasteiger partial charge is 0.300 e. The lowest BCUT2D eigenvalue weighted by molar-refractivity contribution is -0.114. The number of hydrogen-bond donors (Lipinski definition) is 0. The van der Waals surface area contributed by atoms with Gasteiger partial charge in [-0.15, -0.1) is 0 Å². The molecule has 5 heteroatoms. The molecule has 0 fully saturated rings. The molecule has 0 radical (unpaired) electrons. The number of anilines is 1. The first-order chi connectivity index (χ1) is 9.99. The highest BCUT2D eigenvalue weighted by Gasteiger charge is 2.36. The van der Waals surface area contributed by atoms with Crippen molar-refractivity contribution in [3.05, 3.63) is 63.9 Å². The molecular formula is C16H11ClFNO2. The lowest BCUT2D eigenvalue weighted by Gasteiger charge is -2.18. The molecule has 3 rings (SSSR count). The topological polar surface area (TPSA) is 37.4 Å². The number of rotatable bonds is 2. The molecule has 0 N–H and O–H groups in total. The van der Waals surface area contributed by atoms with Crippen molar-refractivity contribution < 1.29 is 14.0 Å². The van der Waals surface area contributed by atoms with Gasteiger partial charge in [0.1, 0.15) is 5.82 Å². The predicted molar refractivity (Wildman–Crippen MR) is 78.1 cm³/mol. The van der Waals surface area contributed by atoms with Gasteiger partial charge in [0.15, 0.2) is 0 Å². The van der Waals surface area contributed by atoms with Crippen molar-refractivity contribution in [2.45, 2.75) is 13.5 Å².